The number of halogens is 1. The summed E-state index contributed by atoms with van der Waals surface area (Å²) in [4.78, 5) is 12.1. The highest BCUT2D eigenvalue weighted by atomic mass is 35.5. The molecular weight excluding hydrogens is 374 g/mol. The van der Waals surface area contributed by atoms with Crippen LogP contribution in [0.5, 0.6) is 0 Å². The van der Waals surface area contributed by atoms with Crippen LogP contribution in [0.2, 0.25) is 0 Å². The van der Waals surface area contributed by atoms with E-state index in [1.165, 1.54) is 17.7 Å². The number of nitrogens with one attached hydrogen (secondary N) is 2. The molecule has 0 aliphatic carbocycles. The second-order valence-corrected chi connectivity index (χ2v) is 7.37. The van der Waals surface area contributed by atoms with E-state index in [4.69, 9.17) is 5.73 Å². The van der Waals surface area contributed by atoms with Gasteiger partial charge in [-0.1, -0.05) is 36.4 Å². The van der Waals surface area contributed by atoms with Gasteiger partial charge in [-0.2, -0.15) is 0 Å². The summed E-state index contributed by atoms with van der Waals surface area (Å²) in [7, 11) is -3.61. The normalized spacial score (nSPS) is 10.8. The molecule has 0 atom stereocenters. The van der Waals surface area contributed by atoms with Gasteiger partial charge in [0.25, 0.3) is 0 Å². The number of aryl methyl sites for hydroxylation is 1. The molecule has 0 fully saturated rings. The monoisotopic (exact) mass is 397 g/mol. The fraction of sp³-hybridized carbons (Fsp3) is 0.278. The average Bonchev–Trinajstić information content (AvgIpc) is 2.61. The molecule has 2 aromatic rings. The van der Waals surface area contributed by atoms with Gasteiger partial charge in [0.2, 0.25) is 15.9 Å². The van der Waals surface area contributed by atoms with Gasteiger partial charge in [-0.05, 0) is 36.6 Å². The van der Waals surface area contributed by atoms with Crippen LogP contribution in [0.1, 0.15) is 18.4 Å². The predicted molar refractivity (Wildman–Crippen MR) is 106 cm³/mol. The lowest BCUT2D eigenvalue weighted by molar-refractivity contribution is -0.116. The molecule has 0 spiro atoms. The average molecular weight is 398 g/mol. The van der Waals surface area contributed by atoms with Crippen LogP contribution in [0.15, 0.2) is 59.5 Å². The summed E-state index contributed by atoms with van der Waals surface area (Å²) < 4.78 is 26.5. The first-order valence-corrected chi connectivity index (χ1v) is 9.63. The molecule has 0 radical (unpaired) electrons. The zero-order valence-corrected chi connectivity index (χ0v) is 16.0. The number of benzene rings is 2. The molecule has 4 N–H and O–H groups in total. The number of sulfonamides is 1. The van der Waals surface area contributed by atoms with Crippen LogP contribution in [-0.2, 0) is 21.2 Å². The van der Waals surface area contributed by atoms with E-state index in [-0.39, 0.29) is 36.3 Å². The zero-order valence-electron chi connectivity index (χ0n) is 14.4. The Labute approximate surface area is 160 Å². The van der Waals surface area contributed by atoms with Crippen LogP contribution in [0, 0.1) is 0 Å². The number of hydrogen-bond acceptors (Lipinski definition) is 4. The van der Waals surface area contributed by atoms with Gasteiger partial charge in [-0.3, -0.25) is 4.79 Å². The first kappa shape index (κ1) is 22.1. The summed E-state index contributed by atoms with van der Waals surface area (Å²) in [5.74, 6) is -0.139. The highest BCUT2D eigenvalue weighted by Gasteiger charge is 2.14. The largest absolute Gasteiger partial charge is 0.329 e. The van der Waals surface area contributed by atoms with Crippen molar-refractivity contribution in [2.24, 2.45) is 5.73 Å². The van der Waals surface area contributed by atoms with Gasteiger partial charge in [0, 0.05) is 25.2 Å². The van der Waals surface area contributed by atoms with E-state index >= 15 is 0 Å². The highest BCUT2D eigenvalue weighted by molar-refractivity contribution is 7.89. The molecule has 8 heteroatoms. The van der Waals surface area contributed by atoms with E-state index in [1.54, 1.807) is 12.1 Å². The van der Waals surface area contributed by atoms with Gasteiger partial charge in [-0.25, -0.2) is 13.1 Å². The van der Waals surface area contributed by atoms with E-state index < -0.39 is 10.0 Å². The van der Waals surface area contributed by atoms with E-state index in [0.717, 1.165) is 12.8 Å². The number of nitrogens with two attached hydrogens (primary N) is 1. The summed E-state index contributed by atoms with van der Waals surface area (Å²) in [6.07, 6.45) is 1.93. The van der Waals surface area contributed by atoms with Crippen LogP contribution in [-0.4, -0.2) is 27.4 Å². The minimum absolute atomic E-state index is 0. The standard InChI is InChI=1S/C18H23N3O3S.ClH/c19-12-13-20-25(23,24)17-10-5-9-16(14-17)21-18(22)11-4-8-15-6-2-1-3-7-15;/h1-3,5-7,9-10,14,20H,4,8,11-13,19H2,(H,21,22);1H. The van der Waals surface area contributed by atoms with Crippen molar-refractivity contribution in [2.45, 2.75) is 24.2 Å². The van der Waals surface area contributed by atoms with Crippen molar-refractivity contribution in [1.29, 1.82) is 0 Å². The summed E-state index contributed by atoms with van der Waals surface area (Å²) in [5, 5.41) is 2.74. The molecule has 0 unspecified atom stereocenters. The summed E-state index contributed by atoms with van der Waals surface area (Å²) in [6, 6.07) is 16.1. The Kier molecular flexibility index (Phi) is 9.29. The molecule has 26 heavy (non-hydrogen) atoms. The lowest BCUT2D eigenvalue weighted by atomic mass is 10.1. The molecule has 0 aliphatic rings. The Morgan fingerprint density at radius 3 is 2.46 bits per heavy atom. The minimum Gasteiger partial charge on any atom is -0.329 e. The molecule has 0 aliphatic heterocycles. The van der Waals surface area contributed by atoms with E-state index in [9.17, 15) is 13.2 Å². The summed E-state index contributed by atoms with van der Waals surface area (Å²) >= 11 is 0. The Balaban J connectivity index is 0.00000338. The SMILES string of the molecule is Cl.NCCNS(=O)(=O)c1cccc(NC(=O)CCCc2ccccc2)c1. The van der Waals surface area contributed by atoms with Crippen molar-refractivity contribution in [3.63, 3.8) is 0 Å². The number of hydrogen-bond donors (Lipinski definition) is 3. The first-order valence-electron chi connectivity index (χ1n) is 8.15. The number of carbonyl (C=O) groups excluding carboxylic acids is 1. The molecule has 2 rings (SSSR count). The molecule has 0 saturated carbocycles. The van der Waals surface area contributed by atoms with Crippen molar-refractivity contribution >= 4 is 34.0 Å². The maximum Gasteiger partial charge on any atom is 0.240 e. The quantitative estimate of drug-likeness (QED) is 0.604. The van der Waals surface area contributed by atoms with Gasteiger partial charge in [-0.15, -0.1) is 12.4 Å². The summed E-state index contributed by atoms with van der Waals surface area (Å²) in [5.41, 5.74) is 6.96. The number of anilines is 1. The third kappa shape index (κ3) is 7.13. The maximum atomic E-state index is 12.1. The van der Waals surface area contributed by atoms with Crippen LogP contribution in [0.25, 0.3) is 0 Å². The summed E-state index contributed by atoms with van der Waals surface area (Å²) in [6.45, 7) is 0.384. The molecule has 0 saturated heterocycles. The first-order chi connectivity index (χ1) is 12.0. The molecule has 0 aromatic heterocycles. The van der Waals surface area contributed by atoms with E-state index in [0.29, 0.717) is 12.1 Å². The second kappa shape index (κ2) is 10.9. The highest BCUT2D eigenvalue weighted by Crippen LogP contribution is 2.16. The van der Waals surface area contributed by atoms with Crippen LogP contribution < -0.4 is 15.8 Å². The van der Waals surface area contributed by atoms with Crippen LogP contribution in [0.3, 0.4) is 0 Å². The molecule has 1 amide bonds. The molecule has 2 aromatic carbocycles. The minimum atomic E-state index is -3.61. The Morgan fingerprint density at radius 2 is 1.77 bits per heavy atom. The Bertz CT molecular complexity index is 798. The van der Waals surface area contributed by atoms with Gasteiger partial charge in [0.15, 0.2) is 0 Å². The van der Waals surface area contributed by atoms with Crippen molar-refractivity contribution in [2.75, 3.05) is 18.4 Å². The number of carbonyl (C=O) groups is 1. The molecule has 0 bridgehead atoms. The van der Waals surface area contributed by atoms with E-state index in [2.05, 4.69) is 10.0 Å². The Hall–Kier alpha value is -1.93. The fourth-order valence-corrected chi connectivity index (χ4v) is 3.43. The number of rotatable bonds is 9. The molecule has 6 nitrogen and oxygen atoms in total. The van der Waals surface area contributed by atoms with Gasteiger partial charge >= 0.3 is 0 Å². The van der Waals surface area contributed by atoms with Gasteiger partial charge in [0.05, 0.1) is 4.90 Å². The zero-order chi connectivity index (χ0) is 18.1. The maximum absolute atomic E-state index is 12.1. The third-order valence-electron chi connectivity index (χ3n) is 3.58. The lowest BCUT2D eigenvalue weighted by Gasteiger charge is -2.09. The van der Waals surface area contributed by atoms with Gasteiger partial charge < -0.3 is 11.1 Å². The van der Waals surface area contributed by atoms with Crippen molar-refractivity contribution < 1.29 is 13.2 Å². The molecule has 0 heterocycles. The van der Waals surface area contributed by atoms with Crippen LogP contribution in [0.4, 0.5) is 5.69 Å². The topological polar surface area (TPSA) is 101 Å². The van der Waals surface area contributed by atoms with Crippen molar-refractivity contribution in [3.05, 3.63) is 60.2 Å². The predicted octanol–water partition coefficient (Wildman–Crippen LogP) is 2.31. The van der Waals surface area contributed by atoms with Crippen molar-refractivity contribution in [3.8, 4) is 0 Å². The molecule has 142 valence electrons. The van der Waals surface area contributed by atoms with Crippen LogP contribution >= 0.6 is 12.4 Å². The third-order valence-corrected chi connectivity index (χ3v) is 5.04. The number of amides is 1. The second-order valence-electron chi connectivity index (χ2n) is 5.60. The van der Waals surface area contributed by atoms with E-state index in [1.807, 2.05) is 30.3 Å². The van der Waals surface area contributed by atoms with Crippen molar-refractivity contribution in [1.82, 2.24) is 4.72 Å². The van der Waals surface area contributed by atoms with Gasteiger partial charge in [0.1, 0.15) is 0 Å². The lowest BCUT2D eigenvalue weighted by Crippen LogP contribution is -2.29. The Morgan fingerprint density at radius 1 is 1.04 bits per heavy atom. The fourth-order valence-electron chi connectivity index (χ4n) is 2.34. The molecular formula is C18H24ClN3O3S. The smallest absolute Gasteiger partial charge is 0.240 e.